The van der Waals surface area contributed by atoms with Crippen LogP contribution in [0.1, 0.15) is 25.7 Å². The van der Waals surface area contributed by atoms with E-state index in [9.17, 15) is 4.79 Å². The zero-order valence-electron chi connectivity index (χ0n) is 9.35. The van der Waals surface area contributed by atoms with Gasteiger partial charge in [-0.1, -0.05) is 12.8 Å². The molecular formula is C11H18N4O. The molecule has 1 aromatic rings. The van der Waals surface area contributed by atoms with E-state index in [1.807, 2.05) is 0 Å². The van der Waals surface area contributed by atoms with E-state index in [2.05, 4.69) is 10.4 Å². The fourth-order valence-electron chi connectivity index (χ4n) is 1.69. The molecule has 1 aliphatic rings. The third kappa shape index (κ3) is 3.56. The highest BCUT2D eigenvalue weighted by Gasteiger charge is 2.20. The summed E-state index contributed by atoms with van der Waals surface area (Å²) < 4.78 is 1.55. The highest BCUT2D eigenvalue weighted by atomic mass is 16.2. The van der Waals surface area contributed by atoms with E-state index in [0.717, 1.165) is 18.9 Å². The summed E-state index contributed by atoms with van der Waals surface area (Å²) in [5.41, 5.74) is 6.09. The first-order chi connectivity index (χ1) is 7.74. The molecule has 0 unspecified atom stereocenters. The molecule has 0 radical (unpaired) electrons. The molecule has 5 nitrogen and oxygen atoms in total. The molecule has 2 rings (SSSR count). The lowest BCUT2D eigenvalue weighted by Crippen LogP contribution is -2.28. The molecule has 0 bridgehead atoms. The Hall–Kier alpha value is -1.52. The number of amides is 1. The monoisotopic (exact) mass is 222 g/mol. The maximum absolute atomic E-state index is 11.5. The summed E-state index contributed by atoms with van der Waals surface area (Å²) in [7, 11) is 0. The molecule has 1 fully saturated rings. The van der Waals surface area contributed by atoms with Crippen molar-refractivity contribution in [3.05, 3.63) is 12.4 Å². The number of anilines is 1. The summed E-state index contributed by atoms with van der Waals surface area (Å²) >= 11 is 0. The van der Waals surface area contributed by atoms with Crippen molar-refractivity contribution in [3.8, 4) is 0 Å². The highest BCUT2D eigenvalue weighted by molar-refractivity contribution is 5.75. The second kappa shape index (κ2) is 5.01. The maximum Gasteiger partial charge on any atom is 0.241 e. The summed E-state index contributed by atoms with van der Waals surface area (Å²) in [5, 5.41) is 6.84. The van der Waals surface area contributed by atoms with Crippen LogP contribution in [0, 0.1) is 5.92 Å². The second-order valence-electron chi connectivity index (χ2n) is 4.41. The fourth-order valence-corrected chi connectivity index (χ4v) is 1.69. The van der Waals surface area contributed by atoms with Crippen LogP contribution in [0.15, 0.2) is 12.4 Å². The van der Waals surface area contributed by atoms with E-state index >= 15 is 0 Å². The van der Waals surface area contributed by atoms with Gasteiger partial charge in [-0.05, 0) is 18.8 Å². The number of nitrogens with one attached hydrogen (secondary N) is 1. The van der Waals surface area contributed by atoms with E-state index in [4.69, 9.17) is 5.73 Å². The molecule has 0 spiro atoms. The van der Waals surface area contributed by atoms with Crippen LogP contribution in [0.5, 0.6) is 0 Å². The van der Waals surface area contributed by atoms with Crippen LogP contribution in [0.2, 0.25) is 0 Å². The topological polar surface area (TPSA) is 72.9 Å². The predicted octanol–water partition coefficient (Wildman–Crippen LogP) is 0.772. The molecule has 1 saturated carbocycles. The van der Waals surface area contributed by atoms with Crippen LogP contribution >= 0.6 is 0 Å². The summed E-state index contributed by atoms with van der Waals surface area (Å²) in [4.78, 5) is 11.5. The lowest BCUT2D eigenvalue weighted by Gasteiger charge is -2.04. The van der Waals surface area contributed by atoms with Crippen LogP contribution in [0.4, 0.5) is 5.69 Å². The van der Waals surface area contributed by atoms with Gasteiger partial charge in [0.2, 0.25) is 5.91 Å². The van der Waals surface area contributed by atoms with Crippen molar-refractivity contribution < 1.29 is 4.79 Å². The highest BCUT2D eigenvalue weighted by Crippen LogP contribution is 2.33. The fraction of sp³-hybridized carbons (Fsp3) is 0.636. The molecule has 1 aliphatic carbocycles. The predicted molar refractivity (Wildman–Crippen MR) is 61.6 cm³/mol. The van der Waals surface area contributed by atoms with Gasteiger partial charge < -0.3 is 11.1 Å². The van der Waals surface area contributed by atoms with Gasteiger partial charge in [-0.25, -0.2) is 0 Å². The Balaban J connectivity index is 1.59. The smallest absolute Gasteiger partial charge is 0.241 e. The third-order valence-corrected chi connectivity index (χ3v) is 2.77. The van der Waals surface area contributed by atoms with Crippen molar-refractivity contribution in [2.45, 2.75) is 32.2 Å². The standard InChI is InChI=1S/C11H18N4O/c12-10-6-14-15(7-10)8-11(16)13-5-1-2-9-3-4-9/h6-7,9H,1-5,8,12H2,(H,13,16). The van der Waals surface area contributed by atoms with Crippen molar-refractivity contribution in [1.82, 2.24) is 15.1 Å². The molecular weight excluding hydrogens is 204 g/mol. The molecule has 16 heavy (non-hydrogen) atoms. The van der Waals surface area contributed by atoms with Gasteiger partial charge in [-0.2, -0.15) is 5.10 Å². The van der Waals surface area contributed by atoms with Crippen molar-refractivity contribution in [1.29, 1.82) is 0 Å². The van der Waals surface area contributed by atoms with Gasteiger partial charge in [-0.15, -0.1) is 0 Å². The maximum atomic E-state index is 11.5. The Kier molecular flexibility index (Phi) is 3.44. The number of hydrogen-bond donors (Lipinski definition) is 2. The lowest BCUT2D eigenvalue weighted by atomic mass is 10.2. The van der Waals surface area contributed by atoms with E-state index in [0.29, 0.717) is 5.69 Å². The Bertz CT molecular complexity index is 357. The molecule has 3 N–H and O–H groups in total. The normalized spacial score (nSPS) is 15.0. The molecule has 5 heteroatoms. The Labute approximate surface area is 95.0 Å². The second-order valence-corrected chi connectivity index (χ2v) is 4.41. The number of carbonyl (C=O) groups excluding carboxylic acids is 1. The first kappa shape index (κ1) is 11.0. The molecule has 0 saturated heterocycles. The van der Waals surface area contributed by atoms with Gasteiger partial charge in [0, 0.05) is 12.7 Å². The molecule has 1 amide bonds. The third-order valence-electron chi connectivity index (χ3n) is 2.77. The van der Waals surface area contributed by atoms with Gasteiger partial charge in [-0.3, -0.25) is 9.48 Å². The van der Waals surface area contributed by atoms with Crippen molar-refractivity contribution >= 4 is 11.6 Å². The van der Waals surface area contributed by atoms with E-state index in [-0.39, 0.29) is 12.5 Å². The molecule has 88 valence electrons. The van der Waals surface area contributed by atoms with E-state index in [1.165, 1.54) is 19.3 Å². The SMILES string of the molecule is Nc1cnn(CC(=O)NCCCC2CC2)c1. The molecule has 0 aromatic carbocycles. The number of carbonyl (C=O) groups is 1. The van der Waals surface area contributed by atoms with E-state index < -0.39 is 0 Å². The minimum Gasteiger partial charge on any atom is -0.396 e. The Morgan fingerprint density at radius 1 is 1.62 bits per heavy atom. The van der Waals surface area contributed by atoms with Crippen LogP contribution < -0.4 is 11.1 Å². The summed E-state index contributed by atoms with van der Waals surface area (Å²) in [6, 6.07) is 0. The van der Waals surface area contributed by atoms with Crippen LogP contribution in [0.25, 0.3) is 0 Å². The first-order valence-electron chi connectivity index (χ1n) is 5.78. The van der Waals surface area contributed by atoms with Crippen LogP contribution in [-0.2, 0) is 11.3 Å². The van der Waals surface area contributed by atoms with Gasteiger partial charge in [0.25, 0.3) is 0 Å². The van der Waals surface area contributed by atoms with Gasteiger partial charge >= 0.3 is 0 Å². The summed E-state index contributed by atoms with van der Waals surface area (Å²) in [6.07, 6.45) is 8.28. The Morgan fingerprint density at radius 3 is 3.06 bits per heavy atom. The average molecular weight is 222 g/mol. The quantitative estimate of drug-likeness (QED) is 0.698. The lowest BCUT2D eigenvalue weighted by molar-refractivity contribution is -0.121. The average Bonchev–Trinajstić information content (AvgIpc) is 2.98. The van der Waals surface area contributed by atoms with Crippen molar-refractivity contribution in [2.24, 2.45) is 5.92 Å². The van der Waals surface area contributed by atoms with Crippen molar-refractivity contribution in [2.75, 3.05) is 12.3 Å². The number of nitrogens with zero attached hydrogens (tertiary/aromatic N) is 2. The molecule has 0 atom stereocenters. The number of hydrogen-bond acceptors (Lipinski definition) is 3. The van der Waals surface area contributed by atoms with E-state index in [1.54, 1.807) is 17.1 Å². The zero-order chi connectivity index (χ0) is 11.4. The van der Waals surface area contributed by atoms with Crippen molar-refractivity contribution in [3.63, 3.8) is 0 Å². The first-order valence-corrected chi connectivity index (χ1v) is 5.78. The number of nitrogens with two attached hydrogens (primary N) is 1. The zero-order valence-corrected chi connectivity index (χ0v) is 9.35. The number of rotatable bonds is 6. The van der Waals surface area contributed by atoms with Gasteiger partial charge in [0.1, 0.15) is 6.54 Å². The van der Waals surface area contributed by atoms with Gasteiger partial charge in [0.15, 0.2) is 0 Å². The Morgan fingerprint density at radius 2 is 2.44 bits per heavy atom. The largest absolute Gasteiger partial charge is 0.396 e. The minimum atomic E-state index is -0.00102. The molecule has 1 aromatic heterocycles. The summed E-state index contributed by atoms with van der Waals surface area (Å²) in [6.45, 7) is 1.02. The number of nitrogen functional groups attached to an aromatic ring is 1. The van der Waals surface area contributed by atoms with Gasteiger partial charge in [0.05, 0.1) is 11.9 Å². The molecule has 1 heterocycles. The van der Waals surface area contributed by atoms with Crippen LogP contribution in [-0.4, -0.2) is 22.2 Å². The number of aromatic nitrogens is 2. The minimum absolute atomic E-state index is 0.00102. The summed E-state index contributed by atoms with van der Waals surface area (Å²) in [5.74, 6) is 0.932. The van der Waals surface area contributed by atoms with Crippen LogP contribution in [0.3, 0.4) is 0 Å². The molecule has 0 aliphatic heterocycles.